The first-order valence-corrected chi connectivity index (χ1v) is 4.47. The molecule has 0 heterocycles. The predicted octanol–water partition coefficient (Wildman–Crippen LogP) is 3.34. The van der Waals surface area contributed by atoms with Gasteiger partial charge in [-0.1, -0.05) is 36.4 Å². The van der Waals surface area contributed by atoms with Crippen molar-refractivity contribution in [2.75, 3.05) is 0 Å². The van der Waals surface area contributed by atoms with Crippen LogP contribution in [0.4, 0.5) is 11.4 Å². The summed E-state index contributed by atoms with van der Waals surface area (Å²) in [4.78, 5) is 0. The first-order chi connectivity index (χ1) is 6.95. The van der Waals surface area contributed by atoms with Gasteiger partial charge in [-0.2, -0.15) is 10.2 Å². The molecule has 4 heteroatoms. The molecule has 0 fully saturated rings. The third-order valence-corrected chi connectivity index (χ3v) is 1.79. The summed E-state index contributed by atoms with van der Waals surface area (Å²) in [6, 6.07) is 19.4. The second-order valence-corrected chi connectivity index (χ2v) is 2.87. The molecule has 2 aromatic rings. The van der Waals surface area contributed by atoms with E-state index in [4.69, 9.17) is 0 Å². The minimum atomic E-state index is 0. The molecule has 0 N–H and O–H groups in total. The summed E-state index contributed by atoms with van der Waals surface area (Å²) < 4.78 is 0. The summed E-state index contributed by atoms with van der Waals surface area (Å²) >= 11 is 0. The van der Waals surface area contributed by atoms with Crippen LogP contribution in [0.5, 0.6) is 0 Å². The molecule has 2 nitrogen and oxygen atoms in total. The zero-order valence-corrected chi connectivity index (χ0v) is 13.7. The maximum Gasteiger partial charge on any atom is 0.0857 e. The largest absolute Gasteiger partial charge is 0.151 e. The van der Waals surface area contributed by atoms with E-state index in [1.54, 1.807) is 0 Å². The van der Waals surface area contributed by atoms with Crippen molar-refractivity contribution in [3.63, 3.8) is 0 Å². The van der Waals surface area contributed by atoms with Crippen molar-refractivity contribution < 1.29 is 0 Å². The SMILES string of the molecule is [Na].[Na].c1ccc(N=Nc2ccccc2)cc1. The first-order valence-electron chi connectivity index (χ1n) is 4.47. The van der Waals surface area contributed by atoms with Crippen LogP contribution in [-0.2, 0) is 0 Å². The van der Waals surface area contributed by atoms with Gasteiger partial charge in [-0.3, -0.25) is 0 Å². The van der Waals surface area contributed by atoms with Gasteiger partial charge in [0, 0.05) is 59.1 Å². The summed E-state index contributed by atoms with van der Waals surface area (Å²) in [5, 5.41) is 8.20. The first kappa shape index (κ1) is 16.0. The van der Waals surface area contributed by atoms with Gasteiger partial charge in [0.25, 0.3) is 0 Å². The molecular weight excluding hydrogens is 218 g/mol. The van der Waals surface area contributed by atoms with Gasteiger partial charge in [0.05, 0.1) is 11.4 Å². The summed E-state index contributed by atoms with van der Waals surface area (Å²) in [7, 11) is 0. The van der Waals surface area contributed by atoms with Crippen LogP contribution in [0.15, 0.2) is 70.9 Å². The van der Waals surface area contributed by atoms with Crippen LogP contribution in [0.25, 0.3) is 0 Å². The second-order valence-electron chi connectivity index (χ2n) is 2.87. The molecule has 0 unspecified atom stereocenters. The van der Waals surface area contributed by atoms with Crippen molar-refractivity contribution in [3.05, 3.63) is 60.7 Å². The maximum absolute atomic E-state index is 4.10. The molecule has 0 aliphatic rings. The number of benzene rings is 2. The Morgan fingerprint density at radius 2 is 0.812 bits per heavy atom. The van der Waals surface area contributed by atoms with E-state index in [-0.39, 0.29) is 59.1 Å². The molecule has 70 valence electrons. The molecule has 0 saturated heterocycles. The van der Waals surface area contributed by atoms with Crippen molar-refractivity contribution in [2.24, 2.45) is 10.2 Å². The van der Waals surface area contributed by atoms with Crippen LogP contribution in [0.2, 0.25) is 0 Å². The second kappa shape index (κ2) is 9.11. The van der Waals surface area contributed by atoms with E-state index in [0.29, 0.717) is 0 Å². The fraction of sp³-hybridized carbons (Fsp3) is 0. The Labute approximate surface area is 140 Å². The minimum Gasteiger partial charge on any atom is -0.151 e. The molecule has 0 atom stereocenters. The van der Waals surface area contributed by atoms with Gasteiger partial charge in [-0.15, -0.1) is 0 Å². The van der Waals surface area contributed by atoms with Crippen LogP contribution >= 0.6 is 0 Å². The molecular formula is C12H10N2Na2. The van der Waals surface area contributed by atoms with Gasteiger partial charge in [-0.05, 0) is 24.3 Å². The molecule has 2 rings (SSSR count). The smallest absolute Gasteiger partial charge is 0.0857 e. The molecule has 0 amide bonds. The van der Waals surface area contributed by atoms with E-state index in [9.17, 15) is 0 Å². The fourth-order valence-corrected chi connectivity index (χ4v) is 1.10. The van der Waals surface area contributed by atoms with E-state index >= 15 is 0 Å². The molecule has 0 saturated carbocycles. The van der Waals surface area contributed by atoms with Gasteiger partial charge in [0.1, 0.15) is 0 Å². The zero-order valence-electron chi connectivity index (χ0n) is 9.67. The predicted molar refractivity (Wildman–Crippen MR) is 68.6 cm³/mol. The summed E-state index contributed by atoms with van der Waals surface area (Å²) in [5.74, 6) is 0. The van der Waals surface area contributed by atoms with Gasteiger partial charge in [-0.25, -0.2) is 0 Å². The van der Waals surface area contributed by atoms with Gasteiger partial charge < -0.3 is 0 Å². The summed E-state index contributed by atoms with van der Waals surface area (Å²) in [5.41, 5.74) is 1.74. The Hall–Kier alpha value is 0.0400. The maximum atomic E-state index is 4.10. The van der Waals surface area contributed by atoms with Gasteiger partial charge in [0.2, 0.25) is 0 Å². The van der Waals surface area contributed by atoms with E-state index in [1.807, 2.05) is 60.7 Å². The van der Waals surface area contributed by atoms with E-state index in [2.05, 4.69) is 10.2 Å². The summed E-state index contributed by atoms with van der Waals surface area (Å²) in [6.07, 6.45) is 0. The topological polar surface area (TPSA) is 24.7 Å². The third kappa shape index (κ3) is 5.39. The van der Waals surface area contributed by atoms with Crippen molar-refractivity contribution in [2.45, 2.75) is 0 Å². The number of nitrogens with zero attached hydrogens (tertiary/aromatic N) is 2. The van der Waals surface area contributed by atoms with Crippen LogP contribution < -0.4 is 0 Å². The van der Waals surface area contributed by atoms with Crippen molar-refractivity contribution in [1.82, 2.24) is 0 Å². The molecule has 0 spiro atoms. The van der Waals surface area contributed by atoms with Crippen molar-refractivity contribution >= 4 is 70.5 Å². The Bertz CT molecular complexity index is 374. The average Bonchev–Trinajstić information content (AvgIpc) is 2.29. The van der Waals surface area contributed by atoms with Crippen molar-refractivity contribution in [3.8, 4) is 0 Å². The fourth-order valence-electron chi connectivity index (χ4n) is 1.10. The van der Waals surface area contributed by atoms with Crippen molar-refractivity contribution in [1.29, 1.82) is 0 Å². The third-order valence-electron chi connectivity index (χ3n) is 1.79. The normalized spacial score (nSPS) is 9.25. The summed E-state index contributed by atoms with van der Waals surface area (Å²) in [6.45, 7) is 0. The van der Waals surface area contributed by atoms with Crippen LogP contribution in [-0.4, -0.2) is 59.1 Å². The monoisotopic (exact) mass is 228 g/mol. The number of hydrogen-bond acceptors (Lipinski definition) is 2. The van der Waals surface area contributed by atoms with Crippen LogP contribution in [0, 0.1) is 0 Å². The Balaban J connectivity index is 0.00000112. The minimum absolute atomic E-state index is 0. The molecule has 2 radical (unpaired) electrons. The van der Waals surface area contributed by atoms with E-state index < -0.39 is 0 Å². The molecule has 0 aliphatic heterocycles. The van der Waals surface area contributed by atoms with Gasteiger partial charge in [0.15, 0.2) is 0 Å². The number of hydrogen-bond donors (Lipinski definition) is 0. The van der Waals surface area contributed by atoms with E-state index in [0.717, 1.165) is 11.4 Å². The van der Waals surface area contributed by atoms with Crippen LogP contribution in [0.1, 0.15) is 0 Å². The van der Waals surface area contributed by atoms with Crippen LogP contribution in [0.3, 0.4) is 0 Å². The number of rotatable bonds is 2. The number of azo groups is 1. The molecule has 2 aromatic carbocycles. The average molecular weight is 228 g/mol. The van der Waals surface area contributed by atoms with E-state index in [1.165, 1.54) is 0 Å². The molecule has 16 heavy (non-hydrogen) atoms. The molecule has 0 aromatic heterocycles. The van der Waals surface area contributed by atoms with Gasteiger partial charge >= 0.3 is 0 Å². The zero-order chi connectivity index (χ0) is 9.64. The molecule has 0 bridgehead atoms. The Morgan fingerprint density at radius 3 is 1.12 bits per heavy atom. The standard InChI is InChI=1S/C12H10N2.2Na/c1-3-7-11(8-4-1)13-14-12-9-5-2-6-10-12;;/h1-10H;;. The Kier molecular flexibility index (Phi) is 9.13. The Morgan fingerprint density at radius 1 is 0.500 bits per heavy atom. The quantitative estimate of drug-likeness (QED) is 0.556. The molecule has 0 aliphatic carbocycles.